The van der Waals surface area contributed by atoms with Crippen LogP contribution in [0.4, 0.5) is 31.4 Å². The summed E-state index contributed by atoms with van der Waals surface area (Å²) in [6.07, 6.45) is 4.00. The second-order valence-corrected chi connectivity index (χ2v) is 27.4. The van der Waals surface area contributed by atoms with Crippen molar-refractivity contribution in [3.05, 3.63) is 253 Å². The molecule has 2 aromatic heterocycles. The highest BCUT2D eigenvalue weighted by Gasteiger charge is 2.37. The van der Waals surface area contributed by atoms with Gasteiger partial charge in [0.05, 0.1) is 71.0 Å². The average Bonchev–Trinajstić information content (AvgIpc) is 1.63. The van der Waals surface area contributed by atoms with Crippen molar-refractivity contribution in [1.82, 2.24) is 30.4 Å². The Morgan fingerprint density at radius 1 is 0.421 bits per heavy atom. The van der Waals surface area contributed by atoms with Crippen LogP contribution in [0, 0.1) is 45.8 Å². The molecule has 26 nitrogen and oxygen atoms in total. The van der Waals surface area contributed by atoms with Gasteiger partial charge in [0.25, 0.3) is 11.8 Å². The summed E-state index contributed by atoms with van der Waals surface area (Å²) >= 11 is 0. The van der Waals surface area contributed by atoms with Gasteiger partial charge in [0.1, 0.15) is 66.6 Å². The molecule has 2 aliphatic rings. The number of benzene rings is 8. The van der Waals surface area contributed by atoms with Crippen molar-refractivity contribution in [3.8, 4) is 35.5 Å². The number of nitrogens with zero attached hydrogens (tertiary/aromatic N) is 8. The first kappa shape index (κ1) is 82.8. The summed E-state index contributed by atoms with van der Waals surface area (Å²) < 4.78 is 35.8. The van der Waals surface area contributed by atoms with Gasteiger partial charge < -0.3 is 64.6 Å². The van der Waals surface area contributed by atoms with Gasteiger partial charge in [-0.3, -0.25) is 33.9 Å². The highest BCUT2D eigenvalue weighted by atomic mass is 16.6. The van der Waals surface area contributed by atoms with Crippen molar-refractivity contribution in [2.75, 3.05) is 55.7 Å². The Morgan fingerprint density at radius 2 is 0.728 bits per heavy atom. The molecule has 588 valence electrons. The molecular weight excluding hydrogens is 1450 g/mol. The van der Waals surface area contributed by atoms with Gasteiger partial charge in [0.15, 0.2) is 0 Å². The van der Waals surface area contributed by atoms with E-state index >= 15 is 0 Å². The monoisotopic (exact) mass is 1540 g/mol. The summed E-state index contributed by atoms with van der Waals surface area (Å²) in [5, 5.41) is 42.8. The molecule has 0 saturated heterocycles. The van der Waals surface area contributed by atoms with Gasteiger partial charge in [-0.15, -0.1) is 0 Å². The summed E-state index contributed by atoms with van der Waals surface area (Å²) in [6, 6.07) is 70.2. The van der Waals surface area contributed by atoms with Gasteiger partial charge in [-0.2, -0.15) is 15.8 Å². The third-order valence-electron chi connectivity index (χ3n) is 19.9. The van der Waals surface area contributed by atoms with Gasteiger partial charge in [-0.25, -0.2) is 14.4 Å². The summed E-state index contributed by atoms with van der Waals surface area (Å²) in [6.45, 7) is 0.0143. The number of anilines is 3. The van der Waals surface area contributed by atoms with E-state index in [-0.39, 0.29) is 63.1 Å². The molecule has 2 saturated carbocycles. The lowest BCUT2D eigenvalue weighted by atomic mass is 9.83. The number of fused-ring (bicyclic) bond motifs is 2. The molecule has 0 radical (unpaired) electrons. The van der Waals surface area contributed by atoms with Crippen molar-refractivity contribution in [3.63, 3.8) is 0 Å². The summed E-state index contributed by atoms with van der Waals surface area (Å²) in [7, 11) is 8.35. The van der Waals surface area contributed by atoms with Gasteiger partial charge in [0, 0.05) is 65.0 Å². The number of rotatable bonds is 26. The van der Waals surface area contributed by atoms with E-state index in [9.17, 15) is 44.1 Å². The molecule has 10 aromatic rings. The number of hydrogen-bond donors (Lipinski definition) is 5. The highest BCUT2D eigenvalue weighted by Crippen LogP contribution is 2.31. The third kappa shape index (κ3) is 22.5. The Morgan fingerprint density at radius 3 is 1.04 bits per heavy atom. The van der Waals surface area contributed by atoms with Crippen molar-refractivity contribution in [1.29, 1.82) is 15.8 Å². The summed E-state index contributed by atoms with van der Waals surface area (Å²) in [4.78, 5) is 97.0. The first-order valence-electron chi connectivity index (χ1n) is 37.5. The molecule has 7 amide bonds. The number of aromatic nitrogens is 2. The zero-order valence-electron chi connectivity index (χ0n) is 64.3. The lowest BCUT2D eigenvalue weighted by molar-refractivity contribution is -0.127. The molecule has 2 fully saturated rings. The topological polar surface area (TPSA) is 340 Å². The van der Waals surface area contributed by atoms with Gasteiger partial charge in [-0.05, 0) is 139 Å². The highest BCUT2D eigenvalue weighted by molar-refractivity contribution is 6.00. The van der Waals surface area contributed by atoms with Gasteiger partial charge in [0.2, 0.25) is 11.8 Å². The maximum absolute atomic E-state index is 13.6. The van der Waals surface area contributed by atoms with E-state index < -0.39 is 60.3 Å². The second kappa shape index (κ2) is 41.4. The molecule has 114 heavy (non-hydrogen) atoms. The molecule has 2 aliphatic carbocycles. The van der Waals surface area contributed by atoms with Crippen LogP contribution in [0.1, 0.15) is 89.0 Å². The van der Waals surface area contributed by atoms with Crippen LogP contribution in [0.5, 0.6) is 17.2 Å². The Balaban J connectivity index is 0.000000190. The van der Waals surface area contributed by atoms with E-state index in [4.69, 9.17) is 39.4 Å². The predicted octanol–water partition coefficient (Wildman–Crippen LogP) is 13.3. The van der Waals surface area contributed by atoms with Crippen molar-refractivity contribution < 1.29 is 62.0 Å². The van der Waals surface area contributed by atoms with E-state index in [2.05, 4.69) is 33.4 Å². The number of carbonyl (C=O) groups is 7. The van der Waals surface area contributed by atoms with E-state index in [0.29, 0.717) is 71.4 Å². The van der Waals surface area contributed by atoms with Crippen LogP contribution in [-0.4, -0.2) is 122 Å². The molecule has 12 rings (SSSR count). The molecule has 0 bridgehead atoms. The number of carbonyl (C=O) groups excluding carboxylic acids is 7. The van der Waals surface area contributed by atoms with Crippen LogP contribution >= 0.6 is 0 Å². The van der Waals surface area contributed by atoms with Gasteiger partial charge >= 0.3 is 18.3 Å². The largest absolute Gasteiger partial charge is 0.497 e. The van der Waals surface area contributed by atoms with Crippen LogP contribution in [0.2, 0.25) is 0 Å². The normalized spacial score (nSPS) is 15.5. The second-order valence-electron chi connectivity index (χ2n) is 27.4. The Kier molecular flexibility index (Phi) is 30.1. The molecule has 0 aliphatic heterocycles. The predicted molar refractivity (Wildman–Crippen MR) is 432 cm³/mol. The number of hydrogen-bond acceptors (Lipinski definition) is 17. The van der Waals surface area contributed by atoms with E-state index in [1.54, 1.807) is 94.1 Å². The molecule has 0 spiro atoms. The number of aryl methyl sites for hydroxylation is 2. The maximum Gasteiger partial charge on any atom is 0.414 e. The van der Waals surface area contributed by atoms with E-state index in [0.717, 1.165) is 64.2 Å². The van der Waals surface area contributed by atoms with E-state index in [1.807, 2.05) is 181 Å². The maximum atomic E-state index is 13.6. The molecule has 8 aromatic carbocycles. The minimum absolute atomic E-state index is 0.0381. The Hall–Kier alpha value is -13.6. The molecule has 6 N–H and O–H groups in total. The number of nitrogens with one attached hydrogen (secondary N) is 4. The fourth-order valence-electron chi connectivity index (χ4n) is 13.7. The minimum Gasteiger partial charge on any atom is -0.497 e. The SMILES string of the molecule is COc1ccc(N(CC(N)C#N)C(=O)OCc2ccccc2)cc1.COc1ccc(N(C[C@@H](C#N)NC(=O)[C@@H]2CCCC[C@@H]2NC(=O)c2cc3ccccc3n2C)C(=O)OCc2ccccc2)cc1.COc1ccc(N(C[C@H](C#N)NC(=O)[C@@H]2CCCC[C@@H]2NC(=O)c2cc3ccccc3n2C)C(=O)OCc2ccccc2)cc1. The fourth-order valence-corrected chi connectivity index (χ4v) is 13.7. The first-order valence-corrected chi connectivity index (χ1v) is 37.5. The molecule has 7 atom stereocenters. The third-order valence-corrected chi connectivity index (χ3v) is 19.9. The van der Waals surface area contributed by atoms with E-state index in [1.165, 1.54) is 14.7 Å². The van der Waals surface area contributed by atoms with Crippen molar-refractivity contribution >= 4 is 80.8 Å². The van der Waals surface area contributed by atoms with Crippen LogP contribution in [0.3, 0.4) is 0 Å². The number of nitriles is 3. The standard InChI is InChI=1S/2C35H37N5O5.C18H19N3O3/c2*1-39-31-15-9-6-12-25(31)20-32(39)34(42)38-30-14-8-7-13-29(30)33(41)37-26(21-36)22-40(27-16-18-28(44-2)19-17-27)35(43)45-23-24-10-4-3-5-11-24;1-23-17-9-7-16(8-10-17)21(12-15(20)11-19)18(22)24-13-14-5-3-2-4-6-14/h2*3-6,9-12,15-20,26,29-30H,7-8,13-14,22-23H2,1-2H3,(H,37,41)(H,38,42);2-10,15H,12-13,20H2,1H3/t26-,29+,30-;26-,29-,30+;/m01./s1. The molecule has 2 heterocycles. The number of nitrogens with two attached hydrogens (primary N) is 1. The van der Waals surface area contributed by atoms with Crippen molar-refractivity contribution in [2.24, 2.45) is 31.7 Å². The van der Waals surface area contributed by atoms with Gasteiger partial charge in [-0.1, -0.05) is 153 Å². The zero-order chi connectivity index (χ0) is 80.9. The Labute approximate surface area is 662 Å². The smallest absolute Gasteiger partial charge is 0.414 e. The average molecular weight is 1540 g/mol. The van der Waals surface area contributed by atoms with Crippen LogP contribution in [-0.2, 0) is 57.7 Å². The quantitative estimate of drug-likeness (QED) is 0.0314. The van der Waals surface area contributed by atoms with Crippen LogP contribution in [0.15, 0.2) is 224 Å². The van der Waals surface area contributed by atoms with Crippen LogP contribution < -0.4 is 55.9 Å². The summed E-state index contributed by atoms with van der Waals surface area (Å²) in [5.41, 5.74) is 12.7. The fraction of sp³-hybridized carbons (Fsp3) is 0.295. The lowest BCUT2D eigenvalue weighted by Gasteiger charge is -2.32. The lowest BCUT2D eigenvalue weighted by Crippen LogP contribution is -2.52. The number of para-hydroxylation sites is 2. The molecule has 26 heteroatoms. The Bertz CT molecular complexity index is 4760. The minimum atomic E-state index is -1.03. The van der Waals surface area contributed by atoms with Crippen LogP contribution in [0.25, 0.3) is 21.8 Å². The summed E-state index contributed by atoms with van der Waals surface area (Å²) in [5.74, 6) is -0.331. The zero-order valence-corrected chi connectivity index (χ0v) is 64.3. The molecular formula is C88H93N13O13. The number of amides is 7. The number of ether oxygens (including phenoxy) is 6. The first-order chi connectivity index (χ1) is 55.4. The van der Waals surface area contributed by atoms with Crippen molar-refractivity contribution in [2.45, 2.75) is 101 Å². The number of methoxy groups -OCH3 is 3. The molecule has 1 unspecified atom stereocenters.